The Morgan fingerprint density at radius 2 is 2.21 bits per heavy atom. The van der Waals surface area contributed by atoms with Gasteiger partial charge in [0.05, 0.1) is 55.1 Å². The second kappa shape index (κ2) is 9.11. The van der Waals surface area contributed by atoms with E-state index in [1.807, 2.05) is 12.1 Å². The van der Waals surface area contributed by atoms with Crippen molar-refractivity contribution in [1.82, 2.24) is 20.0 Å². The number of aliphatic hydroxyl groups excluding tert-OH is 1. The Kier molecular flexibility index (Phi) is 6.58. The molecule has 1 unspecified atom stereocenters. The largest absolute Gasteiger partial charge is 0.466 e. The van der Waals surface area contributed by atoms with E-state index < -0.39 is 0 Å². The molecular weight excluding hydrogens is 362 g/mol. The zero-order valence-corrected chi connectivity index (χ0v) is 16.6. The number of aromatic nitrogens is 4. The number of rotatable bonds is 7. The molecule has 0 bridgehead atoms. The lowest BCUT2D eigenvalue weighted by atomic mass is 10.1. The second-order valence-corrected chi connectivity index (χ2v) is 6.63. The van der Waals surface area contributed by atoms with Gasteiger partial charge in [-0.15, -0.1) is 5.10 Å². The molecular formula is C19H27N5O4. The molecule has 1 fully saturated rings. The molecule has 2 aromatic heterocycles. The maximum atomic E-state index is 11.8. The van der Waals surface area contributed by atoms with Gasteiger partial charge in [0.2, 0.25) is 0 Å². The molecule has 28 heavy (non-hydrogen) atoms. The van der Waals surface area contributed by atoms with E-state index in [9.17, 15) is 9.90 Å². The van der Waals surface area contributed by atoms with Crippen LogP contribution in [0.1, 0.15) is 31.7 Å². The number of aliphatic hydroxyl groups is 1. The summed E-state index contributed by atoms with van der Waals surface area (Å²) in [6.07, 6.45) is 0.798. The van der Waals surface area contributed by atoms with Gasteiger partial charge in [-0.2, -0.15) is 0 Å². The molecule has 0 radical (unpaired) electrons. The number of hydrogen-bond acceptors (Lipinski definition) is 8. The Bertz CT molecular complexity index is 823. The van der Waals surface area contributed by atoms with E-state index in [4.69, 9.17) is 14.5 Å². The van der Waals surface area contributed by atoms with Crippen molar-refractivity contribution >= 4 is 11.7 Å². The van der Waals surface area contributed by atoms with Crippen molar-refractivity contribution in [2.45, 2.75) is 39.4 Å². The van der Waals surface area contributed by atoms with E-state index in [0.29, 0.717) is 36.8 Å². The predicted molar refractivity (Wildman–Crippen MR) is 103 cm³/mol. The maximum Gasteiger partial charge on any atom is 0.308 e. The molecule has 0 amide bonds. The van der Waals surface area contributed by atoms with Crippen LogP contribution in [0, 0.1) is 0 Å². The zero-order valence-electron chi connectivity index (χ0n) is 16.6. The summed E-state index contributed by atoms with van der Waals surface area (Å²) in [6.45, 7) is 5.97. The van der Waals surface area contributed by atoms with Gasteiger partial charge in [0, 0.05) is 20.1 Å². The number of morpholine rings is 1. The summed E-state index contributed by atoms with van der Waals surface area (Å²) in [5.74, 6) is -0.238. The lowest BCUT2D eigenvalue weighted by Crippen LogP contribution is -2.44. The lowest BCUT2D eigenvalue weighted by Gasteiger charge is -2.35. The summed E-state index contributed by atoms with van der Waals surface area (Å²) >= 11 is 0. The Morgan fingerprint density at radius 3 is 2.93 bits per heavy atom. The van der Waals surface area contributed by atoms with Crippen LogP contribution in [0.2, 0.25) is 0 Å². The van der Waals surface area contributed by atoms with Crippen LogP contribution >= 0.6 is 0 Å². The summed E-state index contributed by atoms with van der Waals surface area (Å²) in [5, 5.41) is 17.7. The summed E-state index contributed by atoms with van der Waals surface area (Å²) in [7, 11) is 1.74. The first-order valence-electron chi connectivity index (χ1n) is 9.59. The SMILES string of the molecule is CCOC(=O)CC1CN(c2ccc(-c3nnn(C)c3CO)nc2CC)CCO1. The molecule has 3 rings (SSSR count). The molecule has 3 heterocycles. The van der Waals surface area contributed by atoms with Crippen molar-refractivity contribution in [3.8, 4) is 11.4 Å². The van der Waals surface area contributed by atoms with Gasteiger partial charge < -0.3 is 19.5 Å². The number of ether oxygens (including phenoxy) is 2. The van der Waals surface area contributed by atoms with Crippen LogP contribution < -0.4 is 4.90 Å². The number of aryl methyl sites for hydroxylation is 2. The predicted octanol–water partition coefficient (Wildman–Crippen LogP) is 1.09. The number of anilines is 1. The molecule has 1 saturated heterocycles. The highest BCUT2D eigenvalue weighted by Crippen LogP contribution is 2.27. The van der Waals surface area contributed by atoms with Gasteiger partial charge in [0.15, 0.2) is 0 Å². The first-order valence-corrected chi connectivity index (χ1v) is 9.59. The van der Waals surface area contributed by atoms with Crippen molar-refractivity contribution in [2.24, 2.45) is 7.05 Å². The van der Waals surface area contributed by atoms with E-state index >= 15 is 0 Å². The van der Waals surface area contributed by atoms with Crippen molar-refractivity contribution in [2.75, 3.05) is 31.2 Å². The fourth-order valence-electron chi connectivity index (χ4n) is 3.39. The average molecular weight is 389 g/mol. The van der Waals surface area contributed by atoms with E-state index in [-0.39, 0.29) is 25.1 Å². The Hall–Kier alpha value is -2.52. The number of carbonyl (C=O) groups is 1. The highest BCUT2D eigenvalue weighted by atomic mass is 16.5. The first-order chi connectivity index (χ1) is 13.6. The molecule has 1 N–H and O–H groups in total. The minimum atomic E-state index is -0.238. The standard InChI is InChI=1S/C19H27N5O4/c1-4-14-16(24-8-9-28-13(11-24)10-18(26)27-5-2)7-6-15(20-14)19-17(12-25)23(3)22-21-19/h6-7,13,25H,4-5,8-12H2,1-3H3. The number of carbonyl (C=O) groups excluding carboxylic acids is 1. The van der Waals surface area contributed by atoms with Crippen LogP contribution in [-0.2, 0) is 34.3 Å². The Morgan fingerprint density at radius 1 is 1.39 bits per heavy atom. The van der Waals surface area contributed by atoms with Gasteiger partial charge >= 0.3 is 5.97 Å². The minimum Gasteiger partial charge on any atom is -0.466 e. The van der Waals surface area contributed by atoms with E-state index in [0.717, 1.165) is 24.3 Å². The van der Waals surface area contributed by atoms with Gasteiger partial charge in [0.25, 0.3) is 0 Å². The molecule has 1 aliphatic rings. The summed E-state index contributed by atoms with van der Waals surface area (Å²) in [5.41, 5.74) is 3.87. The number of nitrogens with zero attached hydrogens (tertiary/aromatic N) is 5. The summed E-state index contributed by atoms with van der Waals surface area (Å²) in [4.78, 5) is 18.7. The molecule has 0 aromatic carbocycles. The highest BCUT2D eigenvalue weighted by Gasteiger charge is 2.25. The van der Waals surface area contributed by atoms with E-state index in [2.05, 4.69) is 22.1 Å². The number of esters is 1. The van der Waals surface area contributed by atoms with Crippen LogP contribution in [0.3, 0.4) is 0 Å². The van der Waals surface area contributed by atoms with Gasteiger partial charge in [0.1, 0.15) is 5.69 Å². The van der Waals surface area contributed by atoms with Crippen molar-refractivity contribution in [1.29, 1.82) is 0 Å². The topological polar surface area (TPSA) is 103 Å². The van der Waals surface area contributed by atoms with Crippen molar-refractivity contribution in [3.05, 3.63) is 23.5 Å². The maximum absolute atomic E-state index is 11.8. The summed E-state index contributed by atoms with van der Waals surface area (Å²) < 4.78 is 12.3. The fraction of sp³-hybridized carbons (Fsp3) is 0.579. The zero-order chi connectivity index (χ0) is 20.1. The Balaban J connectivity index is 1.81. The normalized spacial score (nSPS) is 17.0. The van der Waals surface area contributed by atoms with Gasteiger partial charge in [-0.05, 0) is 25.5 Å². The fourth-order valence-corrected chi connectivity index (χ4v) is 3.39. The average Bonchev–Trinajstić information content (AvgIpc) is 3.08. The van der Waals surface area contributed by atoms with Crippen LogP contribution in [-0.4, -0.2) is 63.5 Å². The van der Waals surface area contributed by atoms with Crippen LogP contribution in [0.25, 0.3) is 11.4 Å². The molecule has 0 spiro atoms. The van der Waals surface area contributed by atoms with Crippen LogP contribution in [0.5, 0.6) is 0 Å². The third kappa shape index (κ3) is 4.31. The first kappa shape index (κ1) is 20.2. The van der Waals surface area contributed by atoms with Crippen LogP contribution in [0.15, 0.2) is 12.1 Å². The number of pyridine rings is 1. The van der Waals surface area contributed by atoms with Gasteiger partial charge in [-0.3, -0.25) is 4.79 Å². The molecule has 9 nitrogen and oxygen atoms in total. The molecule has 1 atom stereocenters. The third-order valence-electron chi connectivity index (χ3n) is 4.80. The minimum absolute atomic E-state index is 0.150. The van der Waals surface area contributed by atoms with E-state index in [1.54, 1.807) is 18.7 Å². The molecule has 152 valence electrons. The quantitative estimate of drug-likeness (QED) is 0.702. The van der Waals surface area contributed by atoms with Crippen molar-refractivity contribution in [3.63, 3.8) is 0 Å². The Labute approximate surface area is 164 Å². The van der Waals surface area contributed by atoms with Gasteiger partial charge in [-0.25, -0.2) is 9.67 Å². The molecule has 1 aliphatic heterocycles. The highest BCUT2D eigenvalue weighted by molar-refractivity contribution is 5.70. The van der Waals surface area contributed by atoms with Crippen LogP contribution in [0.4, 0.5) is 5.69 Å². The van der Waals surface area contributed by atoms with Gasteiger partial charge in [-0.1, -0.05) is 12.1 Å². The number of hydrogen-bond donors (Lipinski definition) is 1. The third-order valence-corrected chi connectivity index (χ3v) is 4.80. The molecule has 2 aromatic rings. The summed E-state index contributed by atoms with van der Waals surface area (Å²) in [6, 6.07) is 3.91. The monoisotopic (exact) mass is 389 g/mol. The lowest BCUT2D eigenvalue weighted by molar-refractivity contribution is -0.146. The van der Waals surface area contributed by atoms with E-state index in [1.165, 1.54) is 0 Å². The molecule has 0 saturated carbocycles. The molecule has 0 aliphatic carbocycles. The molecule has 9 heteroatoms. The second-order valence-electron chi connectivity index (χ2n) is 6.63. The smallest absolute Gasteiger partial charge is 0.308 e. The van der Waals surface area contributed by atoms with Crippen molar-refractivity contribution < 1.29 is 19.4 Å².